The molecule has 0 bridgehead atoms. The lowest BCUT2D eigenvalue weighted by Crippen LogP contribution is -2.16. The second kappa shape index (κ2) is 8.32. The fourth-order valence-corrected chi connectivity index (χ4v) is 3.57. The largest absolute Gasteiger partial charge is 0.495 e. The number of hydrogen-bond donors (Lipinski definition) is 1. The monoisotopic (exact) mass is 406 g/mol. The summed E-state index contributed by atoms with van der Waals surface area (Å²) in [7, 11) is 1.54. The van der Waals surface area contributed by atoms with Crippen molar-refractivity contribution in [3.05, 3.63) is 42.6 Å². The Morgan fingerprint density at radius 2 is 1.97 bits per heavy atom. The first kappa shape index (κ1) is 19.6. The third-order valence-corrected chi connectivity index (χ3v) is 5.09. The van der Waals surface area contributed by atoms with Crippen molar-refractivity contribution >= 4 is 30.4 Å². The minimum atomic E-state index is 0.0596. The van der Waals surface area contributed by atoms with Crippen LogP contribution in [0.25, 0.3) is 22.0 Å². The van der Waals surface area contributed by atoms with Gasteiger partial charge in [-0.25, -0.2) is 8.85 Å². The standard InChI is InChI=1S/C23H21N2O5/c1-27-20-10-16(11-21(28-2)23(20)29-3)15-8-18-17(5-4-6-24-18)19(9-15)30-13-14-7-22(26)25-12-14/h4-6,8-11,14H,1,3,7,12-13H2,2H3/q+1/p+1. The van der Waals surface area contributed by atoms with E-state index in [0.717, 1.165) is 22.0 Å². The first-order valence-electron chi connectivity index (χ1n) is 9.47. The van der Waals surface area contributed by atoms with Crippen molar-refractivity contribution in [3.63, 3.8) is 0 Å². The fraction of sp³-hybridized carbons (Fsp3) is 0.217. The molecule has 152 valence electrons. The van der Waals surface area contributed by atoms with Crippen LogP contribution >= 0.6 is 0 Å². The van der Waals surface area contributed by atoms with Gasteiger partial charge in [0.15, 0.2) is 0 Å². The van der Waals surface area contributed by atoms with Crippen LogP contribution in [0.5, 0.6) is 23.0 Å². The minimum Gasteiger partial charge on any atom is -0.492 e. The van der Waals surface area contributed by atoms with E-state index in [2.05, 4.69) is 23.9 Å². The number of benzene rings is 2. The molecular formula is C23H22N2O5+2. The summed E-state index contributed by atoms with van der Waals surface area (Å²) in [5.41, 5.74) is 2.48. The van der Waals surface area contributed by atoms with Crippen molar-refractivity contribution in [3.8, 4) is 34.1 Å². The molecule has 7 heteroatoms. The third kappa shape index (κ3) is 3.74. The first-order chi connectivity index (χ1) is 14.6. The van der Waals surface area contributed by atoms with E-state index in [1.165, 1.54) is 0 Å². The van der Waals surface area contributed by atoms with Crippen LogP contribution in [-0.2, 0) is 13.6 Å². The maximum Gasteiger partial charge on any atom is 0.495 e. The van der Waals surface area contributed by atoms with Gasteiger partial charge < -0.3 is 14.8 Å². The van der Waals surface area contributed by atoms with Gasteiger partial charge in [0.1, 0.15) is 5.75 Å². The normalized spacial score (nSPS) is 15.6. The zero-order valence-electron chi connectivity index (χ0n) is 16.6. The van der Waals surface area contributed by atoms with Crippen LogP contribution in [0.3, 0.4) is 0 Å². The van der Waals surface area contributed by atoms with Crippen LogP contribution in [0.15, 0.2) is 42.6 Å². The highest BCUT2D eigenvalue weighted by molar-refractivity contribution is 5.90. The number of carbonyl (C=O) groups excluding carboxylic acids is 3. The smallest absolute Gasteiger partial charge is 0.492 e. The van der Waals surface area contributed by atoms with Crippen molar-refractivity contribution in [1.29, 1.82) is 0 Å². The van der Waals surface area contributed by atoms with E-state index in [0.29, 0.717) is 42.6 Å². The van der Waals surface area contributed by atoms with Crippen molar-refractivity contribution < 1.29 is 23.1 Å². The summed E-state index contributed by atoms with van der Waals surface area (Å²) in [6, 6.07) is 11.4. The Kier molecular flexibility index (Phi) is 5.43. The second-order valence-electron chi connectivity index (χ2n) is 7.02. The lowest BCUT2D eigenvalue weighted by atomic mass is 10.0. The number of rotatable bonds is 7. The van der Waals surface area contributed by atoms with Gasteiger partial charge in [0.05, 0.1) is 25.3 Å². The zero-order valence-corrected chi connectivity index (χ0v) is 16.6. The molecule has 1 N–H and O–H groups in total. The summed E-state index contributed by atoms with van der Waals surface area (Å²) < 4.78 is 21.9. The van der Waals surface area contributed by atoms with E-state index in [4.69, 9.17) is 18.3 Å². The molecule has 1 fully saturated rings. The summed E-state index contributed by atoms with van der Waals surface area (Å²) >= 11 is 0. The summed E-state index contributed by atoms with van der Waals surface area (Å²) in [5.74, 6) is 2.14. The molecule has 0 spiro atoms. The third-order valence-electron chi connectivity index (χ3n) is 5.09. The zero-order chi connectivity index (χ0) is 21.1. The Morgan fingerprint density at radius 1 is 1.17 bits per heavy atom. The molecule has 1 unspecified atom stereocenters. The van der Waals surface area contributed by atoms with E-state index in [1.807, 2.05) is 30.3 Å². The lowest BCUT2D eigenvalue weighted by molar-refractivity contribution is -0.401. The second-order valence-corrected chi connectivity index (χ2v) is 7.02. The molecule has 2 aromatic carbocycles. The molecule has 4 rings (SSSR count). The summed E-state index contributed by atoms with van der Waals surface area (Å²) in [5, 5.41) is 3.73. The van der Waals surface area contributed by atoms with Gasteiger partial charge in [0.25, 0.3) is 13.6 Å². The van der Waals surface area contributed by atoms with Gasteiger partial charge in [0.2, 0.25) is 11.7 Å². The van der Waals surface area contributed by atoms with E-state index < -0.39 is 0 Å². The van der Waals surface area contributed by atoms with Gasteiger partial charge in [0, 0.05) is 30.5 Å². The van der Waals surface area contributed by atoms with Crippen molar-refractivity contribution in [2.24, 2.45) is 5.92 Å². The first-order valence-corrected chi connectivity index (χ1v) is 9.47. The molecule has 3 aromatic rings. The van der Waals surface area contributed by atoms with E-state index in [9.17, 15) is 4.79 Å². The molecule has 1 aliphatic rings. The number of methoxy groups -OCH3 is 1. The molecule has 7 nitrogen and oxygen atoms in total. The number of hydrogen-bond acceptors (Lipinski definition) is 4. The molecule has 2 heterocycles. The van der Waals surface area contributed by atoms with Crippen LogP contribution < -0.4 is 14.8 Å². The fourth-order valence-electron chi connectivity index (χ4n) is 3.57. The average molecular weight is 406 g/mol. The summed E-state index contributed by atoms with van der Waals surface area (Å²) in [6.07, 6.45) is 2.21. The molecule has 1 aromatic heterocycles. The van der Waals surface area contributed by atoms with Crippen molar-refractivity contribution in [2.75, 3.05) is 20.3 Å². The van der Waals surface area contributed by atoms with Crippen LogP contribution in [-0.4, -0.2) is 44.7 Å². The van der Waals surface area contributed by atoms with Gasteiger partial charge in [-0.1, -0.05) is 0 Å². The molecule has 0 saturated carbocycles. The highest BCUT2D eigenvalue weighted by Gasteiger charge is 2.29. The highest BCUT2D eigenvalue weighted by Crippen LogP contribution is 2.43. The Morgan fingerprint density at radius 3 is 2.67 bits per heavy atom. The number of nitrogens with one attached hydrogen (secondary N) is 1. The van der Waals surface area contributed by atoms with Crippen LogP contribution in [0.4, 0.5) is 0 Å². The number of amides is 1. The topological polar surface area (TPSA) is 83.0 Å². The highest BCUT2D eigenvalue weighted by atomic mass is 16.5. The van der Waals surface area contributed by atoms with Gasteiger partial charge in [-0.05, 0) is 41.5 Å². The SMILES string of the molecule is C=[O+]c1cc(-c2cc(OCC3CNC(=O)C3)c3cccnc3c2)cc(OC)c1[O+]=C. The minimum absolute atomic E-state index is 0.0596. The molecule has 0 aliphatic carbocycles. The van der Waals surface area contributed by atoms with Gasteiger partial charge in [-0.2, -0.15) is 0 Å². The Hall–Kier alpha value is -3.74. The number of aromatic nitrogens is 1. The van der Waals surface area contributed by atoms with Crippen molar-refractivity contribution in [1.82, 2.24) is 10.3 Å². The molecule has 1 amide bonds. The number of pyridine rings is 1. The van der Waals surface area contributed by atoms with E-state index in [-0.39, 0.29) is 11.8 Å². The molecular weight excluding hydrogens is 384 g/mol. The summed E-state index contributed by atoms with van der Waals surface area (Å²) in [6.45, 7) is 8.01. The molecule has 1 aliphatic heterocycles. The summed E-state index contributed by atoms with van der Waals surface area (Å²) in [4.78, 5) is 16.0. The number of nitrogens with zero attached hydrogens (tertiary/aromatic N) is 1. The number of carbonyl (C=O) groups is 1. The van der Waals surface area contributed by atoms with Gasteiger partial charge in [-0.3, -0.25) is 9.78 Å². The Balaban J connectivity index is 1.77. The predicted octanol–water partition coefficient (Wildman–Crippen LogP) is 3.58. The average Bonchev–Trinajstić information content (AvgIpc) is 3.21. The van der Waals surface area contributed by atoms with Crippen LogP contribution in [0.1, 0.15) is 6.42 Å². The molecule has 1 atom stereocenters. The van der Waals surface area contributed by atoms with Crippen LogP contribution in [0.2, 0.25) is 0 Å². The predicted molar refractivity (Wildman–Crippen MR) is 113 cm³/mol. The molecule has 0 radical (unpaired) electrons. The van der Waals surface area contributed by atoms with E-state index >= 15 is 0 Å². The number of fused-ring (bicyclic) bond motifs is 1. The Labute approximate surface area is 173 Å². The van der Waals surface area contributed by atoms with Crippen LogP contribution in [0, 0.1) is 5.92 Å². The quantitative estimate of drug-likeness (QED) is 0.608. The maximum atomic E-state index is 11.5. The van der Waals surface area contributed by atoms with Gasteiger partial charge in [-0.15, -0.1) is 0 Å². The molecule has 30 heavy (non-hydrogen) atoms. The number of ether oxygens (including phenoxy) is 2. The lowest BCUT2D eigenvalue weighted by Gasteiger charge is -2.14. The Bertz CT molecular complexity index is 1140. The molecule has 1 saturated heterocycles. The van der Waals surface area contributed by atoms with Gasteiger partial charge >= 0.3 is 11.5 Å². The van der Waals surface area contributed by atoms with E-state index in [1.54, 1.807) is 19.4 Å². The maximum absolute atomic E-state index is 11.5. The van der Waals surface area contributed by atoms with Crippen molar-refractivity contribution in [2.45, 2.75) is 6.42 Å².